The Hall–Kier alpha value is -1.06. The summed E-state index contributed by atoms with van der Waals surface area (Å²) in [5, 5.41) is 13.7. The Morgan fingerprint density at radius 3 is 2.81 bits per heavy atom. The zero-order valence-electron chi connectivity index (χ0n) is 13.7. The molecule has 1 aliphatic rings. The Morgan fingerprint density at radius 1 is 1.33 bits per heavy atom. The predicted molar refractivity (Wildman–Crippen MR) is 89.8 cm³/mol. The van der Waals surface area contributed by atoms with Crippen LogP contribution < -0.4 is 10.2 Å². The van der Waals surface area contributed by atoms with Gasteiger partial charge in [0.25, 0.3) is 0 Å². The molecular weight excluding hydrogens is 260 g/mol. The van der Waals surface area contributed by atoms with Crippen molar-refractivity contribution in [1.82, 2.24) is 5.32 Å². The number of nitrogens with zero attached hydrogens (tertiary/aromatic N) is 1. The predicted octanol–water partition coefficient (Wildman–Crippen LogP) is 3.49. The lowest BCUT2D eigenvalue weighted by Crippen LogP contribution is -2.31. The van der Waals surface area contributed by atoms with E-state index >= 15 is 0 Å². The minimum absolute atomic E-state index is 0.466. The second kappa shape index (κ2) is 7.28. The first-order valence-corrected chi connectivity index (χ1v) is 8.31. The van der Waals surface area contributed by atoms with Crippen molar-refractivity contribution in [1.29, 1.82) is 0 Å². The van der Waals surface area contributed by atoms with Gasteiger partial charge >= 0.3 is 0 Å². The topological polar surface area (TPSA) is 35.5 Å². The van der Waals surface area contributed by atoms with Crippen molar-refractivity contribution < 1.29 is 5.11 Å². The van der Waals surface area contributed by atoms with Crippen LogP contribution in [0.25, 0.3) is 0 Å². The van der Waals surface area contributed by atoms with Gasteiger partial charge in [0.1, 0.15) is 0 Å². The molecule has 2 rings (SSSR count). The van der Waals surface area contributed by atoms with Crippen LogP contribution in [0.2, 0.25) is 0 Å². The number of hydrogen-bond donors (Lipinski definition) is 2. The number of benzene rings is 1. The third-order valence-corrected chi connectivity index (χ3v) is 4.21. The summed E-state index contributed by atoms with van der Waals surface area (Å²) in [4.78, 5) is 2.45. The first-order chi connectivity index (χ1) is 10.0. The SMILES string of the molecule is CCCNC1CCCN(CCC(C)(C)O)c2ccccc21. The molecular formula is C18H30N2O. The van der Waals surface area contributed by atoms with Gasteiger partial charge in [0, 0.05) is 24.8 Å². The highest BCUT2D eigenvalue weighted by atomic mass is 16.3. The molecule has 21 heavy (non-hydrogen) atoms. The fourth-order valence-corrected chi connectivity index (χ4v) is 3.00. The first kappa shape index (κ1) is 16.3. The van der Waals surface area contributed by atoms with Crippen LogP contribution in [-0.2, 0) is 0 Å². The molecule has 1 aromatic carbocycles. The highest BCUT2D eigenvalue weighted by Crippen LogP contribution is 2.33. The van der Waals surface area contributed by atoms with Crippen LogP contribution in [-0.4, -0.2) is 30.3 Å². The molecule has 3 nitrogen and oxygen atoms in total. The Labute approximate surface area is 129 Å². The number of hydrogen-bond acceptors (Lipinski definition) is 3. The number of aliphatic hydroxyl groups is 1. The van der Waals surface area contributed by atoms with Crippen molar-refractivity contribution in [2.45, 2.75) is 58.1 Å². The summed E-state index contributed by atoms with van der Waals surface area (Å²) >= 11 is 0. The van der Waals surface area contributed by atoms with Crippen LogP contribution in [0.15, 0.2) is 24.3 Å². The van der Waals surface area contributed by atoms with Gasteiger partial charge in [-0.15, -0.1) is 0 Å². The summed E-state index contributed by atoms with van der Waals surface area (Å²) in [6, 6.07) is 9.21. The average Bonchev–Trinajstić information content (AvgIpc) is 2.62. The molecule has 1 aromatic rings. The lowest BCUT2D eigenvalue weighted by atomic mass is 10.0. The summed E-state index contributed by atoms with van der Waals surface area (Å²) < 4.78 is 0. The van der Waals surface area contributed by atoms with Crippen LogP contribution in [0, 0.1) is 0 Å². The molecule has 0 bridgehead atoms. The molecule has 3 heteroatoms. The van der Waals surface area contributed by atoms with Gasteiger partial charge in [-0.3, -0.25) is 0 Å². The van der Waals surface area contributed by atoms with Crippen LogP contribution in [0.5, 0.6) is 0 Å². The van der Waals surface area contributed by atoms with Crippen LogP contribution in [0.4, 0.5) is 5.69 Å². The molecule has 0 saturated heterocycles. The molecule has 0 radical (unpaired) electrons. The lowest BCUT2D eigenvalue weighted by Gasteiger charge is -2.29. The zero-order chi connectivity index (χ0) is 15.3. The second-order valence-corrected chi connectivity index (χ2v) is 6.76. The smallest absolute Gasteiger partial charge is 0.0608 e. The van der Waals surface area contributed by atoms with Gasteiger partial charge in [0.05, 0.1) is 5.60 Å². The Morgan fingerprint density at radius 2 is 2.10 bits per heavy atom. The standard InChI is InChI=1S/C18H30N2O/c1-4-12-19-16-9-7-13-20(14-11-18(2,3)21)17-10-6-5-8-15(16)17/h5-6,8,10,16,19,21H,4,7,9,11-14H2,1-3H3. The van der Waals surface area contributed by atoms with Crippen molar-refractivity contribution in [3.8, 4) is 0 Å². The maximum absolute atomic E-state index is 10.00. The molecule has 0 spiro atoms. The Balaban J connectivity index is 2.16. The molecule has 0 amide bonds. The molecule has 1 unspecified atom stereocenters. The van der Waals surface area contributed by atoms with E-state index in [0.29, 0.717) is 6.04 Å². The number of anilines is 1. The Kier molecular flexibility index (Phi) is 5.65. The molecule has 118 valence electrons. The van der Waals surface area contributed by atoms with E-state index in [4.69, 9.17) is 0 Å². The van der Waals surface area contributed by atoms with Crippen LogP contribution in [0.1, 0.15) is 58.1 Å². The van der Waals surface area contributed by atoms with Crippen molar-refractivity contribution in [3.05, 3.63) is 29.8 Å². The van der Waals surface area contributed by atoms with E-state index in [0.717, 1.165) is 26.1 Å². The van der Waals surface area contributed by atoms with E-state index in [1.54, 1.807) is 0 Å². The van der Waals surface area contributed by atoms with Gasteiger partial charge in [-0.25, -0.2) is 0 Å². The number of nitrogens with one attached hydrogen (secondary N) is 1. The largest absolute Gasteiger partial charge is 0.390 e. The summed E-state index contributed by atoms with van der Waals surface area (Å²) in [5.41, 5.74) is 2.16. The molecule has 1 heterocycles. The fraction of sp³-hybridized carbons (Fsp3) is 0.667. The van der Waals surface area contributed by atoms with Gasteiger partial charge in [-0.2, -0.15) is 0 Å². The first-order valence-electron chi connectivity index (χ1n) is 8.31. The number of para-hydroxylation sites is 1. The van der Waals surface area contributed by atoms with Gasteiger partial charge in [0.2, 0.25) is 0 Å². The molecule has 1 atom stereocenters. The third-order valence-electron chi connectivity index (χ3n) is 4.21. The normalized spacial score (nSPS) is 19.2. The van der Waals surface area contributed by atoms with E-state index < -0.39 is 5.60 Å². The molecule has 0 fully saturated rings. The highest BCUT2D eigenvalue weighted by molar-refractivity contribution is 5.55. The third kappa shape index (κ3) is 4.72. The summed E-state index contributed by atoms with van der Waals surface area (Å²) in [5.74, 6) is 0. The number of rotatable bonds is 6. The minimum atomic E-state index is -0.596. The van der Waals surface area contributed by atoms with Crippen molar-refractivity contribution >= 4 is 5.69 Å². The van der Waals surface area contributed by atoms with Crippen LogP contribution in [0.3, 0.4) is 0 Å². The molecule has 0 saturated carbocycles. The zero-order valence-corrected chi connectivity index (χ0v) is 13.7. The summed E-state index contributed by atoms with van der Waals surface area (Å²) in [6.07, 6.45) is 4.35. The van der Waals surface area contributed by atoms with Gasteiger partial charge < -0.3 is 15.3 Å². The summed E-state index contributed by atoms with van der Waals surface area (Å²) in [6.45, 7) is 9.07. The van der Waals surface area contributed by atoms with Gasteiger partial charge in [-0.05, 0) is 57.7 Å². The van der Waals surface area contributed by atoms with E-state index in [1.807, 2.05) is 13.8 Å². The van der Waals surface area contributed by atoms with E-state index in [9.17, 15) is 5.11 Å². The lowest BCUT2D eigenvalue weighted by molar-refractivity contribution is 0.0731. The molecule has 2 N–H and O–H groups in total. The highest BCUT2D eigenvalue weighted by Gasteiger charge is 2.23. The maximum Gasteiger partial charge on any atom is 0.0608 e. The summed E-state index contributed by atoms with van der Waals surface area (Å²) in [7, 11) is 0. The quantitative estimate of drug-likeness (QED) is 0.842. The van der Waals surface area contributed by atoms with E-state index in [-0.39, 0.29) is 0 Å². The van der Waals surface area contributed by atoms with Crippen molar-refractivity contribution in [2.75, 3.05) is 24.5 Å². The fourth-order valence-electron chi connectivity index (χ4n) is 3.00. The molecule has 1 aliphatic heterocycles. The van der Waals surface area contributed by atoms with Gasteiger partial charge in [-0.1, -0.05) is 25.1 Å². The molecule has 0 aliphatic carbocycles. The van der Waals surface area contributed by atoms with Gasteiger partial charge in [0.15, 0.2) is 0 Å². The Bertz CT molecular complexity index is 439. The monoisotopic (exact) mass is 290 g/mol. The van der Waals surface area contributed by atoms with Crippen molar-refractivity contribution in [3.63, 3.8) is 0 Å². The minimum Gasteiger partial charge on any atom is -0.390 e. The van der Waals surface area contributed by atoms with Crippen molar-refractivity contribution in [2.24, 2.45) is 0 Å². The molecule has 0 aromatic heterocycles. The second-order valence-electron chi connectivity index (χ2n) is 6.76. The van der Waals surface area contributed by atoms with Crippen LogP contribution >= 0.6 is 0 Å². The number of fused-ring (bicyclic) bond motifs is 1. The average molecular weight is 290 g/mol. The maximum atomic E-state index is 10.00. The van der Waals surface area contributed by atoms with E-state index in [2.05, 4.69) is 41.4 Å². The van der Waals surface area contributed by atoms with E-state index in [1.165, 1.54) is 30.5 Å².